The van der Waals surface area contributed by atoms with Crippen LogP contribution in [-0.2, 0) is 4.32 Å². The Balaban J connectivity index is 2.42. The minimum Gasteiger partial charge on any atom is -0.382 e. The van der Waals surface area contributed by atoms with Crippen molar-refractivity contribution in [2.24, 2.45) is 0 Å². The van der Waals surface area contributed by atoms with Crippen molar-refractivity contribution >= 4 is 27.5 Å². The summed E-state index contributed by atoms with van der Waals surface area (Å²) in [6.45, 7) is 0.730. The maximum atomic E-state index is 10.7. The van der Waals surface area contributed by atoms with Gasteiger partial charge in [0.05, 0.1) is 9.25 Å². The zero-order valence-electron chi connectivity index (χ0n) is 9.40. The highest BCUT2D eigenvalue weighted by atomic mass is 79.9. The molecule has 0 bridgehead atoms. The second-order valence-electron chi connectivity index (χ2n) is 4.03. The van der Waals surface area contributed by atoms with Crippen LogP contribution in [0.3, 0.4) is 0 Å². The molecule has 1 N–H and O–H groups in total. The van der Waals surface area contributed by atoms with Crippen LogP contribution in [0, 0.1) is 10.1 Å². The van der Waals surface area contributed by atoms with E-state index in [-0.39, 0.29) is 0 Å². The molecule has 0 amide bonds. The van der Waals surface area contributed by atoms with Crippen molar-refractivity contribution in [3.8, 4) is 0 Å². The Morgan fingerprint density at radius 2 is 2.39 bits per heavy atom. The molecule has 1 atom stereocenters. The number of alkyl halides is 1. The van der Waals surface area contributed by atoms with Gasteiger partial charge in [-0.2, -0.15) is 0 Å². The summed E-state index contributed by atoms with van der Waals surface area (Å²) in [6.07, 6.45) is 4.33. The molecule has 1 fully saturated rings. The topological polar surface area (TPSA) is 68.1 Å². The Labute approximate surface area is 118 Å². The van der Waals surface area contributed by atoms with E-state index >= 15 is 0 Å². The first kappa shape index (κ1) is 13.3. The highest BCUT2D eigenvalue weighted by molar-refractivity contribution is 9.09. The van der Waals surface area contributed by atoms with Gasteiger partial charge in [-0.05, 0) is 24.5 Å². The van der Waals surface area contributed by atoms with E-state index in [4.69, 9.17) is 11.6 Å². The summed E-state index contributed by atoms with van der Waals surface area (Å²) >= 11 is 9.36. The lowest BCUT2D eigenvalue weighted by Crippen LogP contribution is -2.37. The number of allylic oxidation sites excluding steroid dienone is 1. The molecule has 0 saturated carbocycles. The molecule has 5 nitrogen and oxygen atoms in total. The predicted octanol–water partition coefficient (Wildman–Crippen LogP) is 2.83. The summed E-state index contributed by atoms with van der Waals surface area (Å²) in [6, 6.07) is 3.50. The highest BCUT2D eigenvalue weighted by Crippen LogP contribution is 2.43. The van der Waals surface area contributed by atoms with Gasteiger partial charge in [-0.25, -0.2) is 4.98 Å². The van der Waals surface area contributed by atoms with E-state index in [1.807, 2.05) is 6.07 Å². The third-order valence-electron chi connectivity index (χ3n) is 2.86. The Morgan fingerprint density at radius 3 is 3.00 bits per heavy atom. The van der Waals surface area contributed by atoms with Crippen LogP contribution in [0.4, 0.5) is 0 Å². The van der Waals surface area contributed by atoms with Gasteiger partial charge in [-0.15, -0.1) is 0 Å². The average Bonchev–Trinajstić information content (AvgIpc) is 2.32. The second kappa shape index (κ2) is 5.24. The minimum absolute atomic E-state index is 0.401. The maximum Gasteiger partial charge on any atom is 0.255 e. The quantitative estimate of drug-likeness (QED) is 0.391. The zero-order valence-corrected chi connectivity index (χ0v) is 11.7. The number of hydrogen-bond acceptors (Lipinski definition) is 4. The lowest BCUT2D eigenvalue weighted by molar-refractivity contribution is -0.404. The van der Waals surface area contributed by atoms with Crippen LogP contribution in [0.1, 0.15) is 18.4 Å². The number of aromatic nitrogens is 1. The van der Waals surface area contributed by atoms with E-state index in [9.17, 15) is 10.1 Å². The Bertz CT molecular complexity index is 492. The number of nitro groups is 1. The fourth-order valence-electron chi connectivity index (χ4n) is 1.99. The largest absolute Gasteiger partial charge is 0.382 e. The molecular weight excluding hydrogens is 321 g/mol. The summed E-state index contributed by atoms with van der Waals surface area (Å²) in [4.78, 5) is 14.2. The first-order valence-electron chi connectivity index (χ1n) is 5.43. The average molecular weight is 333 g/mol. The van der Waals surface area contributed by atoms with Crippen LogP contribution < -0.4 is 5.32 Å². The number of rotatable bonds is 2. The molecule has 2 rings (SSSR count). The summed E-state index contributed by atoms with van der Waals surface area (Å²) in [5.74, 6) is 0. The van der Waals surface area contributed by atoms with Gasteiger partial charge >= 0.3 is 0 Å². The molecular formula is C11H11BrClN3O2. The number of nitrogens with one attached hydrogen (secondary N) is 1. The van der Waals surface area contributed by atoms with Crippen molar-refractivity contribution in [2.45, 2.75) is 17.2 Å². The van der Waals surface area contributed by atoms with Gasteiger partial charge in [0.2, 0.25) is 0 Å². The molecule has 0 spiro atoms. The fourth-order valence-corrected chi connectivity index (χ4v) is 2.86. The van der Waals surface area contributed by atoms with Crippen LogP contribution >= 0.6 is 27.5 Å². The van der Waals surface area contributed by atoms with E-state index < -0.39 is 9.25 Å². The van der Waals surface area contributed by atoms with Gasteiger partial charge in [-0.1, -0.05) is 33.6 Å². The number of halogens is 2. The molecule has 1 aromatic heterocycles. The number of hydrogen-bond donors (Lipinski definition) is 1. The minimum atomic E-state index is -0.587. The van der Waals surface area contributed by atoms with Gasteiger partial charge in [0.1, 0.15) is 10.9 Å². The van der Waals surface area contributed by atoms with E-state index in [1.165, 1.54) is 0 Å². The standard InChI is InChI=1S/C11H11BrClN3O2/c12-11(8-2-3-10(13)15-6-8)4-1-5-14-9(11)7-16(17)18/h2-3,6-7,14H,1,4-5H2/b9-7-. The molecule has 0 aromatic carbocycles. The summed E-state index contributed by atoms with van der Waals surface area (Å²) < 4.78 is -0.587. The zero-order chi connectivity index (χ0) is 13.2. The molecule has 1 aromatic rings. The molecule has 1 aliphatic rings. The molecule has 1 aliphatic heterocycles. The molecule has 96 valence electrons. The lowest BCUT2D eigenvalue weighted by atomic mass is 9.89. The smallest absolute Gasteiger partial charge is 0.255 e. The first-order chi connectivity index (χ1) is 8.52. The Kier molecular flexibility index (Phi) is 3.87. The third-order valence-corrected chi connectivity index (χ3v) is 4.36. The Hall–Kier alpha value is -1.14. The van der Waals surface area contributed by atoms with Crippen molar-refractivity contribution in [3.05, 3.63) is 51.1 Å². The summed E-state index contributed by atoms with van der Waals surface area (Å²) in [5, 5.41) is 14.1. The number of nitrogens with zero attached hydrogens (tertiary/aromatic N) is 2. The van der Waals surface area contributed by atoms with Gasteiger partial charge in [-0.3, -0.25) is 10.1 Å². The van der Waals surface area contributed by atoms with Crippen LogP contribution in [0.2, 0.25) is 5.15 Å². The highest BCUT2D eigenvalue weighted by Gasteiger charge is 2.38. The molecule has 0 radical (unpaired) electrons. The van der Waals surface area contributed by atoms with E-state index in [0.29, 0.717) is 10.9 Å². The van der Waals surface area contributed by atoms with Crippen LogP contribution in [0.25, 0.3) is 0 Å². The summed E-state index contributed by atoms with van der Waals surface area (Å²) in [7, 11) is 0. The first-order valence-corrected chi connectivity index (χ1v) is 6.60. The van der Waals surface area contributed by atoms with Gasteiger partial charge in [0.15, 0.2) is 0 Å². The number of pyridine rings is 1. The van der Waals surface area contributed by atoms with Crippen molar-refractivity contribution in [1.29, 1.82) is 0 Å². The van der Waals surface area contributed by atoms with Crippen molar-refractivity contribution in [2.75, 3.05) is 6.54 Å². The van der Waals surface area contributed by atoms with Crippen molar-refractivity contribution < 1.29 is 4.92 Å². The molecule has 1 unspecified atom stereocenters. The van der Waals surface area contributed by atoms with Gasteiger partial charge in [0, 0.05) is 12.7 Å². The molecule has 0 aliphatic carbocycles. The molecule has 2 heterocycles. The van der Waals surface area contributed by atoms with Gasteiger partial charge < -0.3 is 5.32 Å². The fraction of sp³-hybridized carbons (Fsp3) is 0.364. The second-order valence-corrected chi connectivity index (χ2v) is 5.77. The SMILES string of the molecule is O=[N+]([O-])/C=C1\NCCCC1(Br)c1ccc(Cl)nc1. The normalized spacial score (nSPS) is 25.8. The number of piperidine rings is 1. The Morgan fingerprint density at radius 1 is 1.61 bits per heavy atom. The summed E-state index contributed by atoms with van der Waals surface area (Å²) in [5.41, 5.74) is 1.40. The predicted molar refractivity (Wildman–Crippen MR) is 72.2 cm³/mol. The van der Waals surface area contributed by atoms with Gasteiger partial charge in [0.25, 0.3) is 6.20 Å². The van der Waals surface area contributed by atoms with Crippen LogP contribution in [0.5, 0.6) is 0 Å². The molecule has 7 heteroatoms. The lowest BCUT2D eigenvalue weighted by Gasteiger charge is -2.34. The maximum absolute atomic E-state index is 10.7. The van der Waals surface area contributed by atoms with Crippen LogP contribution in [0.15, 0.2) is 30.2 Å². The van der Waals surface area contributed by atoms with Crippen LogP contribution in [-0.4, -0.2) is 16.5 Å². The molecule has 1 saturated heterocycles. The van der Waals surface area contributed by atoms with E-state index in [0.717, 1.165) is 31.1 Å². The van der Waals surface area contributed by atoms with E-state index in [1.54, 1.807) is 12.3 Å². The molecule has 18 heavy (non-hydrogen) atoms. The van der Waals surface area contributed by atoms with Crippen molar-refractivity contribution in [3.63, 3.8) is 0 Å². The monoisotopic (exact) mass is 331 g/mol. The van der Waals surface area contributed by atoms with Crippen molar-refractivity contribution in [1.82, 2.24) is 10.3 Å². The van der Waals surface area contributed by atoms with E-state index in [2.05, 4.69) is 26.2 Å². The third kappa shape index (κ3) is 2.64.